The number of aliphatic hydroxyl groups is 1. The van der Waals surface area contributed by atoms with Crippen molar-refractivity contribution in [1.82, 2.24) is 14.7 Å². The number of alkyl halides is 1. The Morgan fingerprint density at radius 2 is 1.70 bits per heavy atom. The van der Waals surface area contributed by atoms with Gasteiger partial charge in [0.2, 0.25) is 0 Å². The van der Waals surface area contributed by atoms with E-state index in [9.17, 15) is 23.9 Å². The van der Waals surface area contributed by atoms with Crippen LogP contribution in [0.2, 0.25) is 0 Å². The van der Waals surface area contributed by atoms with E-state index in [1.54, 1.807) is 0 Å². The lowest BCUT2D eigenvalue weighted by Crippen LogP contribution is -2.52. The Kier molecular flexibility index (Phi) is 16.1. The van der Waals surface area contributed by atoms with E-state index in [-0.39, 0.29) is 36.9 Å². The lowest BCUT2D eigenvalue weighted by molar-refractivity contribution is -0.151. The number of likely N-dealkylation sites (tertiary alicyclic amines) is 1. The van der Waals surface area contributed by atoms with Crippen LogP contribution in [0.4, 0.5) is 14.0 Å². The van der Waals surface area contributed by atoms with Crippen molar-refractivity contribution in [3.8, 4) is 0 Å². The number of ether oxygens (including phenoxy) is 3. The van der Waals surface area contributed by atoms with Crippen LogP contribution in [-0.4, -0.2) is 114 Å². The number of allylic oxidation sites excluding steroid dienone is 2. The van der Waals surface area contributed by atoms with Gasteiger partial charge in [-0.2, -0.15) is 0 Å². The lowest BCUT2D eigenvalue weighted by Gasteiger charge is -2.39. The third-order valence-corrected chi connectivity index (χ3v) is 10.9. The second-order valence-corrected chi connectivity index (χ2v) is 15.1. The van der Waals surface area contributed by atoms with E-state index in [1.165, 1.54) is 43.4 Å². The summed E-state index contributed by atoms with van der Waals surface area (Å²) < 4.78 is 30.7. The second-order valence-electron chi connectivity index (χ2n) is 15.1. The monoisotopic (exact) mass is 703 g/mol. The van der Waals surface area contributed by atoms with E-state index in [0.29, 0.717) is 44.9 Å². The molecule has 4 aliphatic rings. The molecule has 1 N–H and O–H groups in total. The second kappa shape index (κ2) is 20.2. The van der Waals surface area contributed by atoms with Crippen LogP contribution in [0.5, 0.6) is 0 Å². The smallest absolute Gasteiger partial charge is 0.410 e. The zero-order chi connectivity index (χ0) is 36.0. The quantitative estimate of drug-likeness (QED) is 0.0965. The van der Waals surface area contributed by atoms with Gasteiger partial charge < -0.3 is 29.1 Å². The molecule has 50 heavy (non-hydrogen) atoms. The Morgan fingerprint density at radius 3 is 2.40 bits per heavy atom. The van der Waals surface area contributed by atoms with Crippen molar-refractivity contribution in [3.05, 3.63) is 36.0 Å². The summed E-state index contributed by atoms with van der Waals surface area (Å²) in [5.41, 5.74) is 0.804. The van der Waals surface area contributed by atoms with Crippen LogP contribution >= 0.6 is 0 Å². The van der Waals surface area contributed by atoms with Crippen molar-refractivity contribution in [1.29, 1.82) is 0 Å². The number of rotatable bonds is 8. The number of halogens is 1. The summed E-state index contributed by atoms with van der Waals surface area (Å²) in [6, 6.07) is 0.227. The van der Waals surface area contributed by atoms with Gasteiger partial charge in [-0.25, -0.2) is 14.0 Å². The van der Waals surface area contributed by atoms with E-state index in [0.717, 1.165) is 25.1 Å². The molecule has 1 saturated carbocycles. The molecule has 3 heterocycles. The van der Waals surface area contributed by atoms with Crippen LogP contribution < -0.4 is 0 Å². The molecular formula is C39H62FN3O7. The van der Waals surface area contributed by atoms with Gasteiger partial charge in [0.05, 0.1) is 25.2 Å². The molecule has 10 nitrogen and oxygen atoms in total. The van der Waals surface area contributed by atoms with Crippen molar-refractivity contribution < 1.29 is 38.1 Å². The Labute approximate surface area is 299 Å². The minimum Gasteiger partial charge on any atom is -0.457 e. The third-order valence-electron chi connectivity index (χ3n) is 10.9. The molecule has 0 spiro atoms. The predicted molar refractivity (Wildman–Crippen MR) is 191 cm³/mol. The van der Waals surface area contributed by atoms with Gasteiger partial charge in [0.25, 0.3) is 0 Å². The molecule has 2 saturated heterocycles. The molecule has 1 aliphatic carbocycles. The van der Waals surface area contributed by atoms with Crippen molar-refractivity contribution in [2.24, 2.45) is 17.8 Å². The Morgan fingerprint density at radius 1 is 0.980 bits per heavy atom. The van der Waals surface area contributed by atoms with Crippen LogP contribution in [0.15, 0.2) is 36.0 Å². The number of carbonyl (C=O) groups is 3. The molecule has 0 aromatic carbocycles. The average molecular weight is 704 g/mol. The number of amides is 2. The summed E-state index contributed by atoms with van der Waals surface area (Å²) in [6.07, 6.45) is 16.8. The summed E-state index contributed by atoms with van der Waals surface area (Å²) in [6.45, 7) is 11.0. The van der Waals surface area contributed by atoms with Crippen LogP contribution in [0.3, 0.4) is 0 Å². The molecule has 0 unspecified atom stereocenters. The summed E-state index contributed by atoms with van der Waals surface area (Å²) in [5.74, 6) is -0.842. The molecule has 2 amide bonds. The number of carbonyl (C=O) groups excluding carboxylic acids is 3. The number of piperazine rings is 1. The number of nitrogens with zero attached hydrogens (tertiary/aromatic N) is 3. The maximum Gasteiger partial charge on any atom is 0.410 e. The van der Waals surface area contributed by atoms with Gasteiger partial charge in [-0.05, 0) is 63.0 Å². The zero-order valence-corrected chi connectivity index (χ0v) is 30.8. The summed E-state index contributed by atoms with van der Waals surface area (Å²) in [7, 11) is 0. The summed E-state index contributed by atoms with van der Waals surface area (Å²) in [5, 5.41) is 10.7. The molecule has 11 heteroatoms. The Bertz CT molecular complexity index is 1180. The molecule has 7 atom stereocenters. The highest BCUT2D eigenvalue weighted by molar-refractivity contribution is 5.70. The molecule has 282 valence electrons. The minimum atomic E-state index is -0.855. The molecule has 3 fully saturated rings. The van der Waals surface area contributed by atoms with E-state index in [4.69, 9.17) is 14.2 Å². The maximum atomic E-state index is 13.4. The number of hydrogen-bond donors (Lipinski definition) is 1. The van der Waals surface area contributed by atoms with Gasteiger partial charge in [0.15, 0.2) is 0 Å². The number of aliphatic hydroxyl groups excluding tert-OH is 1. The molecule has 4 rings (SSSR count). The van der Waals surface area contributed by atoms with Crippen LogP contribution in [0.1, 0.15) is 98.3 Å². The normalized spacial score (nSPS) is 31.3. The van der Waals surface area contributed by atoms with Gasteiger partial charge in [-0.15, -0.1) is 0 Å². The molecule has 3 aliphatic heterocycles. The summed E-state index contributed by atoms with van der Waals surface area (Å²) in [4.78, 5) is 44.5. The van der Waals surface area contributed by atoms with Crippen molar-refractivity contribution in [3.63, 3.8) is 0 Å². The molecule has 0 aromatic rings. The molecular weight excluding hydrogens is 641 g/mol. The first kappa shape index (κ1) is 39.9. The van der Waals surface area contributed by atoms with Gasteiger partial charge in [0.1, 0.15) is 18.9 Å². The highest BCUT2D eigenvalue weighted by Crippen LogP contribution is 2.27. The van der Waals surface area contributed by atoms with Crippen LogP contribution in [-0.2, 0) is 19.0 Å². The average Bonchev–Trinajstić information content (AvgIpc) is 3.43. The Hall–Kier alpha value is -2.92. The highest BCUT2D eigenvalue weighted by Gasteiger charge is 2.32. The van der Waals surface area contributed by atoms with E-state index in [2.05, 4.69) is 4.90 Å². The molecule has 0 bridgehead atoms. The van der Waals surface area contributed by atoms with Crippen LogP contribution in [0.25, 0.3) is 0 Å². The topological polar surface area (TPSA) is 109 Å². The van der Waals surface area contributed by atoms with Crippen molar-refractivity contribution >= 4 is 18.2 Å². The van der Waals surface area contributed by atoms with E-state index in [1.807, 2.05) is 63.0 Å². The third kappa shape index (κ3) is 12.1. The molecule has 0 aromatic heterocycles. The first-order chi connectivity index (χ1) is 24.0. The number of cyclic esters (lactones) is 1. The first-order valence-corrected chi connectivity index (χ1v) is 19.2. The molecule has 0 radical (unpaired) electrons. The maximum absolute atomic E-state index is 13.4. The summed E-state index contributed by atoms with van der Waals surface area (Å²) >= 11 is 0. The van der Waals surface area contributed by atoms with E-state index < -0.39 is 43.1 Å². The predicted octanol–water partition coefficient (Wildman–Crippen LogP) is 6.83. The van der Waals surface area contributed by atoms with Gasteiger partial charge in [0, 0.05) is 50.6 Å². The SMILES string of the molecule is C/C(=C\C=C\[C@@H](C)COC(=O)N1CCC[C@@H]1CF)[C@H]1OC(=O)C[C@@H](O)CC[C@@H](C)[C@H](OC(=O)N2CCN(C3CCCCCC3)CC2)/C=C/[C@@H]1C. The largest absolute Gasteiger partial charge is 0.457 e. The number of hydrogen-bond acceptors (Lipinski definition) is 8. The lowest BCUT2D eigenvalue weighted by atomic mass is 9.92. The zero-order valence-electron chi connectivity index (χ0n) is 30.8. The standard InChI is InChI=1S/C39H62FN3O7/c1-28(27-48-39(47)43-20-10-15-33(43)26-40)11-9-12-30(3)37-31(4)17-19-35(29(2)16-18-34(44)25-36(45)50-37)49-38(46)42-23-21-41(22-24-42)32-13-7-5-6-8-14-32/h9,11-12,17,19,28-29,31-35,37,44H,5-8,10,13-16,18,20-27H2,1-4H3/b11-9+,19-17+,30-12+/t28-,29-,31+,33-,34+,35-,37-/m1/s1. The van der Waals surface area contributed by atoms with Crippen molar-refractivity contribution in [2.75, 3.05) is 46.0 Å². The van der Waals surface area contributed by atoms with Crippen molar-refractivity contribution in [2.45, 2.75) is 129 Å². The van der Waals surface area contributed by atoms with Gasteiger partial charge in [-0.3, -0.25) is 9.69 Å². The fourth-order valence-electron chi connectivity index (χ4n) is 7.60. The van der Waals surface area contributed by atoms with E-state index >= 15 is 0 Å². The highest BCUT2D eigenvalue weighted by atomic mass is 19.1. The fourth-order valence-corrected chi connectivity index (χ4v) is 7.60. The van der Waals surface area contributed by atoms with Crippen LogP contribution in [0, 0.1) is 17.8 Å². The first-order valence-electron chi connectivity index (χ1n) is 19.2. The Balaban J connectivity index is 1.36. The van der Waals surface area contributed by atoms with Gasteiger partial charge >= 0.3 is 18.2 Å². The minimum absolute atomic E-state index is 0.0540. The number of esters is 1. The van der Waals surface area contributed by atoms with Gasteiger partial charge in [-0.1, -0.05) is 70.8 Å². The fraction of sp³-hybridized carbons (Fsp3) is 0.769.